The number of unbranched alkanes of at least 4 members (excludes halogenated alkanes) is 1. The van der Waals surface area contributed by atoms with Gasteiger partial charge in [-0.05, 0) is 61.9 Å². The van der Waals surface area contributed by atoms with Crippen molar-refractivity contribution in [1.82, 2.24) is 4.98 Å². The predicted octanol–water partition coefficient (Wildman–Crippen LogP) is 5.17. The molecule has 0 spiro atoms. The second-order valence-corrected chi connectivity index (χ2v) is 8.48. The molecule has 170 valence electrons. The first kappa shape index (κ1) is 22.3. The third kappa shape index (κ3) is 5.30. The van der Waals surface area contributed by atoms with E-state index in [1.807, 2.05) is 30.5 Å². The van der Waals surface area contributed by atoms with Gasteiger partial charge >= 0.3 is 5.97 Å². The molecule has 0 bridgehead atoms. The molecule has 0 radical (unpaired) electrons. The molecule has 1 N–H and O–H groups in total. The number of ether oxygens (including phenoxy) is 2. The fourth-order valence-corrected chi connectivity index (χ4v) is 4.45. The SMILES string of the molecule is CCCCOCCOc1ccc(-c2cnc3c(c2)/C=C(/C(=O)O)CCC2CCCN32)cc1. The van der Waals surface area contributed by atoms with Crippen LogP contribution in [0.2, 0.25) is 0 Å². The molecule has 32 heavy (non-hydrogen) atoms. The fourth-order valence-electron chi connectivity index (χ4n) is 4.45. The number of aromatic nitrogens is 1. The quantitative estimate of drug-likeness (QED) is 0.547. The van der Waals surface area contributed by atoms with E-state index in [2.05, 4.69) is 17.9 Å². The van der Waals surface area contributed by atoms with Gasteiger partial charge in [-0.2, -0.15) is 0 Å². The summed E-state index contributed by atoms with van der Waals surface area (Å²) < 4.78 is 11.3. The van der Waals surface area contributed by atoms with Crippen LogP contribution in [0.5, 0.6) is 5.75 Å². The first-order valence-corrected chi connectivity index (χ1v) is 11.7. The average molecular weight is 437 g/mol. The highest BCUT2D eigenvalue weighted by atomic mass is 16.5. The van der Waals surface area contributed by atoms with Crippen LogP contribution in [0.25, 0.3) is 17.2 Å². The molecule has 0 saturated carbocycles. The number of anilines is 1. The molecule has 6 nitrogen and oxygen atoms in total. The van der Waals surface area contributed by atoms with E-state index < -0.39 is 5.97 Å². The molecular weight excluding hydrogens is 404 g/mol. The van der Waals surface area contributed by atoms with E-state index in [1.165, 1.54) is 0 Å². The Morgan fingerprint density at radius 1 is 1.16 bits per heavy atom. The molecule has 1 saturated heterocycles. The highest BCUT2D eigenvalue weighted by molar-refractivity contribution is 5.93. The Morgan fingerprint density at radius 3 is 2.78 bits per heavy atom. The number of aliphatic carboxylic acids is 1. The van der Waals surface area contributed by atoms with E-state index in [1.54, 1.807) is 6.08 Å². The van der Waals surface area contributed by atoms with Gasteiger partial charge in [-0.15, -0.1) is 0 Å². The normalized spacial score (nSPS) is 19.3. The van der Waals surface area contributed by atoms with Crippen LogP contribution in [-0.4, -0.2) is 48.5 Å². The second kappa shape index (κ2) is 10.6. The Bertz CT molecular complexity index is 955. The van der Waals surface area contributed by atoms with Crippen molar-refractivity contribution in [2.75, 3.05) is 31.3 Å². The highest BCUT2D eigenvalue weighted by Gasteiger charge is 2.29. The minimum atomic E-state index is -0.840. The number of nitrogens with zero attached hydrogens (tertiary/aromatic N) is 2. The number of hydrogen-bond donors (Lipinski definition) is 1. The van der Waals surface area contributed by atoms with Crippen molar-refractivity contribution in [3.63, 3.8) is 0 Å². The molecule has 2 aliphatic heterocycles. The summed E-state index contributed by atoms with van der Waals surface area (Å²) in [5, 5.41) is 9.64. The van der Waals surface area contributed by atoms with Crippen molar-refractivity contribution in [1.29, 1.82) is 0 Å². The molecule has 1 aromatic heterocycles. The van der Waals surface area contributed by atoms with Crippen LogP contribution in [0.4, 0.5) is 5.82 Å². The monoisotopic (exact) mass is 436 g/mol. The van der Waals surface area contributed by atoms with E-state index in [0.29, 0.717) is 31.2 Å². The van der Waals surface area contributed by atoms with E-state index in [9.17, 15) is 9.90 Å². The van der Waals surface area contributed by atoms with E-state index in [4.69, 9.17) is 14.5 Å². The number of fused-ring (bicyclic) bond motifs is 3. The van der Waals surface area contributed by atoms with E-state index in [-0.39, 0.29) is 0 Å². The van der Waals surface area contributed by atoms with Gasteiger partial charge in [0.25, 0.3) is 0 Å². The second-order valence-electron chi connectivity index (χ2n) is 8.48. The zero-order valence-electron chi connectivity index (χ0n) is 18.8. The van der Waals surface area contributed by atoms with Gasteiger partial charge in [0, 0.05) is 42.1 Å². The Hall–Kier alpha value is -2.86. The molecule has 0 aliphatic carbocycles. The number of benzene rings is 1. The van der Waals surface area contributed by atoms with Crippen LogP contribution < -0.4 is 9.64 Å². The summed E-state index contributed by atoms with van der Waals surface area (Å²) in [7, 11) is 0. The van der Waals surface area contributed by atoms with Crippen molar-refractivity contribution in [3.8, 4) is 16.9 Å². The number of pyridine rings is 1. The molecule has 3 heterocycles. The van der Waals surface area contributed by atoms with Crippen molar-refractivity contribution in [3.05, 3.63) is 47.7 Å². The zero-order chi connectivity index (χ0) is 22.3. The van der Waals surface area contributed by atoms with Gasteiger partial charge in [0.1, 0.15) is 18.2 Å². The summed E-state index contributed by atoms with van der Waals surface area (Å²) in [6, 6.07) is 10.4. The van der Waals surface area contributed by atoms with Crippen LogP contribution in [0.1, 0.15) is 51.0 Å². The average Bonchev–Trinajstić information content (AvgIpc) is 3.25. The van der Waals surface area contributed by atoms with Gasteiger partial charge in [0.15, 0.2) is 0 Å². The third-order valence-corrected chi connectivity index (χ3v) is 6.22. The topological polar surface area (TPSA) is 71.9 Å². The van der Waals surface area contributed by atoms with Crippen LogP contribution in [0.15, 0.2) is 42.1 Å². The summed E-state index contributed by atoms with van der Waals surface area (Å²) in [4.78, 5) is 18.9. The van der Waals surface area contributed by atoms with Crippen LogP contribution >= 0.6 is 0 Å². The lowest BCUT2D eigenvalue weighted by atomic mass is 9.97. The molecule has 1 unspecified atom stereocenters. The van der Waals surface area contributed by atoms with Crippen molar-refractivity contribution < 1.29 is 19.4 Å². The minimum absolute atomic E-state index is 0.373. The van der Waals surface area contributed by atoms with Crippen molar-refractivity contribution in [2.24, 2.45) is 0 Å². The standard InChI is InChI=1S/C26H32N2O4/c1-2-3-13-31-14-15-32-24-10-7-19(8-11-24)22-17-21-16-20(26(29)30)6-9-23-5-4-12-28(23)25(21)27-18-22/h7-8,10-11,16-18,23H,2-6,9,12-15H2,1H3,(H,29,30)/b20-16+. The zero-order valence-corrected chi connectivity index (χ0v) is 18.8. The lowest BCUT2D eigenvalue weighted by molar-refractivity contribution is -0.132. The van der Waals surface area contributed by atoms with Gasteiger partial charge in [-0.1, -0.05) is 25.5 Å². The highest BCUT2D eigenvalue weighted by Crippen LogP contribution is 2.36. The van der Waals surface area contributed by atoms with Crippen LogP contribution in [-0.2, 0) is 9.53 Å². The van der Waals surface area contributed by atoms with E-state index in [0.717, 1.165) is 73.5 Å². The van der Waals surface area contributed by atoms with Crippen molar-refractivity contribution in [2.45, 2.75) is 51.5 Å². The number of carboxylic acids is 1. The van der Waals surface area contributed by atoms with Crippen LogP contribution in [0, 0.1) is 0 Å². The smallest absolute Gasteiger partial charge is 0.331 e. The lowest BCUT2D eigenvalue weighted by Gasteiger charge is -2.29. The van der Waals surface area contributed by atoms with Gasteiger partial charge < -0.3 is 19.5 Å². The number of carbonyl (C=O) groups is 1. The first-order valence-electron chi connectivity index (χ1n) is 11.7. The molecule has 6 heteroatoms. The summed E-state index contributed by atoms with van der Waals surface area (Å²) >= 11 is 0. The summed E-state index contributed by atoms with van der Waals surface area (Å²) in [5.41, 5.74) is 3.34. The summed E-state index contributed by atoms with van der Waals surface area (Å²) in [6.07, 6.45) is 9.58. The maximum Gasteiger partial charge on any atom is 0.331 e. The van der Waals surface area contributed by atoms with Crippen molar-refractivity contribution >= 4 is 17.9 Å². The Morgan fingerprint density at radius 2 is 2.00 bits per heavy atom. The minimum Gasteiger partial charge on any atom is -0.491 e. The van der Waals surface area contributed by atoms with Gasteiger partial charge in [-0.3, -0.25) is 0 Å². The molecule has 2 aromatic rings. The lowest BCUT2D eigenvalue weighted by Crippen LogP contribution is -2.31. The van der Waals surface area contributed by atoms with Gasteiger partial charge in [-0.25, -0.2) is 9.78 Å². The Labute approximate surface area is 189 Å². The van der Waals surface area contributed by atoms with E-state index >= 15 is 0 Å². The molecule has 1 aromatic carbocycles. The molecule has 2 aliphatic rings. The Balaban J connectivity index is 1.50. The maximum absolute atomic E-state index is 11.7. The number of carboxylic acid groups (broad SMARTS) is 1. The Kier molecular flexibility index (Phi) is 7.43. The molecule has 1 fully saturated rings. The number of rotatable bonds is 9. The number of hydrogen-bond acceptors (Lipinski definition) is 5. The van der Waals surface area contributed by atoms with Crippen LogP contribution in [0.3, 0.4) is 0 Å². The largest absolute Gasteiger partial charge is 0.491 e. The molecular formula is C26H32N2O4. The summed E-state index contributed by atoms with van der Waals surface area (Å²) in [5.74, 6) is 0.866. The molecule has 1 atom stereocenters. The molecule has 4 rings (SSSR count). The fraction of sp³-hybridized carbons (Fsp3) is 0.462. The predicted molar refractivity (Wildman–Crippen MR) is 126 cm³/mol. The van der Waals surface area contributed by atoms with Gasteiger partial charge in [0.05, 0.1) is 6.61 Å². The van der Waals surface area contributed by atoms with Gasteiger partial charge in [0.2, 0.25) is 0 Å². The summed E-state index contributed by atoms with van der Waals surface area (Å²) in [6.45, 7) is 5.02. The molecule has 0 amide bonds. The third-order valence-electron chi connectivity index (χ3n) is 6.22. The maximum atomic E-state index is 11.7. The first-order chi connectivity index (χ1) is 15.7.